The number of carbonyl (C=O) groups is 1. The van der Waals surface area contributed by atoms with Crippen LogP contribution in [-0.2, 0) is 9.53 Å². The van der Waals surface area contributed by atoms with Crippen LogP contribution in [0.2, 0.25) is 0 Å². The second-order valence-electron chi connectivity index (χ2n) is 4.88. The minimum Gasteiger partial charge on any atom is -0.450 e. The zero-order valence-corrected chi connectivity index (χ0v) is 11.1. The molecule has 1 fully saturated rings. The van der Waals surface area contributed by atoms with E-state index in [0.29, 0.717) is 5.75 Å². The third-order valence-electron chi connectivity index (χ3n) is 3.19. The number of ether oxygens (including phenoxy) is 2. The van der Waals surface area contributed by atoms with Gasteiger partial charge in [-0.25, -0.2) is 0 Å². The minimum absolute atomic E-state index is 0.0561. The van der Waals surface area contributed by atoms with Crippen LogP contribution in [0.4, 0.5) is 0 Å². The molecule has 0 N–H and O–H groups in total. The lowest BCUT2D eigenvalue weighted by Crippen LogP contribution is -2.17. The standard InChI is InChI=1S/C17H16O3/c18-16(13-11-12-13)20-17(14-7-3-1-4-8-14)19-15-9-5-2-6-10-15/h1-10,13,17H,11-12H2. The average Bonchev–Trinajstić information content (AvgIpc) is 3.33. The van der Waals surface area contributed by atoms with E-state index in [2.05, 4.69) is 0 Å². The summed E-state index contributed by atoms with van der Waals surface area (Å²) in [6.45, 7) is 0. The van der Waals surface area contributed by atoms with Crippen molar-refractivity contribution in [3.05, 3.63) is 66.2 Å². The molecule has 1 unspecified atom stereocenters. The van der Waals surface area contributed by atoms with Crippen molar-refractivity contribution in [1.29, 1.82) is 0 Å². The maximum atomic E-state index is 11.9. The fraction of sp³-hybridized carbons (Fsp3) is 0.235. The van der Waals surface area contributed by atoms with Gasteiger partial charge in [-0.1, -0.05) is 48.5 Å². The molecule has 0 aromatic heterocycles. The first kappa shape index (κ1) is 12.7. The first-order valence-corrected chi connectivity index (χ1v) is 6.80. The van der Waals surface area contributed by atoms with E-state index in [-0.39, 0.29) is 11.9 Å². The fourth-order valence-corrected chi connectivity index (χ4v) is 1.91. The molecule has 2 aromatic rings. The Morgan fingerprint density at radius 1 is 0.950 bits per heavy atom. The highest BCUT2D eigenvalue weighted by molar-refractivity contribution is 5.75. The quantitative estimate of drug-likeness (QED) is 0.612. The highest BCUT2D eigenvalue weighted by Crippen LogP contribution is 2.33. The molecule has 20 heavy (non-hydrogen) atoms. The van der Waals surface area contributed by atoms with Crippen molar-refractivity contribution in [2.45, 2.75) is 19.1 Å². The molecule has 1 aliphatic rings. The molecular weight excluding hydrogens is 252 g/mol. The molecule has 0 spiro atoms. The summed E-state index contributed by atoms with van der Waals surface area (Å²) in [4.78, 5) is 11.9. The van der Waals surface area contributed by atoms with Gasteiger partial charge in [0.2, 0.25) is 0 Å². The van der Waals surface area contributed by atoms with Crippen LogP contribution in [0.15, 0.2) is 60.7 Å². The van der Waals surface area contributed by atoms with Crippen molar-refractivity contribution < 1.29 is 14.3 Å². The topological polar surface area (TPSA) is 35.5 Å². The molecule has 102 valence electrons. The Morgan fingerprint density at radius 2 is 1.55 bits per heavy atom. The first-order valence-electron chi connectivity index (χ1n) is 6.80. The van der Waals surface area contributed by atoms with Crippen molar-refractivity contribution >= 4 is 5.97 Å². The van der Waals surface area contributed by atoms with Crippen LogP contribution in [0.1, 0.15) is 24.7 Å². The van der Waals surface area contributed by atoms with Crippen LogP contribution in [0.25, 0.3) is 0 Å². The van der Waals surface area contributed by atoms with E-state index in [0.717, 1.165) is 18.4 Å². The summed E-state index contributed by atoms with van der Waals surface area (Å²) in [6.07, 6.45) is 1.16. The molecule has 0 heterocycles. The van der Waals surface area contributed by atoms with Gasteiger partial charge in [0.25, 0.3) is 6.29 Å². The molecule has 0 saturated heterocycles. The molecule has 0 bridgehead atoms. The SMILES string of the molecule is O=C(OC(Oc1ccccc1)c1ccccc1)C1CC1. The van der Waals surface area contributed by atoms with E-state index in [1.807, 2.05) is 60.7 Å². The fourth-order valence-electron chi connectivity index (χ4n) is 1.91. The van der Waals surface area contributed by atoms with Crippen molar-refractivity contribution in [3.8, 4) is 5.75 Å². The molecule has 0 amide bonds. The van der Waals surface area contributed by atoms with Gasteiger partial charge in [-0.15, -0.1) is 0 Å². The van der Waals surface area contributed by atoms with Crippen LogP contribution in [0.5, 0.6) is 5.75 Å². The Hall–Kier alpha value is -2.29. The van der Waals surface area contributed by atoms with Crippen LogP contribution in [0, 0.1) is 5.92 Å². The van der Waals surface area contributed by atoms with Crippen LogP contribution in [0.3, 0.4) is 0 Å². The number of para-hydroxylation sites is 1. The van der Waals surface area contributed by atoms with E-state index in [1.165, 1.54) is 0 Å². The van der Waals surface area contributed by atoms with Crippen molar-refractivity contribution in [2.75, 3.05) is 0 Å². The lowest BCUT2D eigenvalue weighted by atomic mass is 10.2. The highest BCUT2D eigenvalue weighted by atomic mass is 16.7. The number of hydrogen-bond donors (Lipinski definition) is 0. The Kier molecular flexibility index (Phi) is 3.68. The zero-order valence-electron chi connectivity index (χ0n) is 11.1. The van der Waals surface area contributed by atoms with Gasteiger partial charge in [-0.2, -0.15) is 0 Å². The summed E-state index contributed by atoms with van der Waals surface area (Å²) in [6, 6.07) is 18.9. The van der Waals surface area contributed by atoms with E-state index >= 15 is 0 Å². The van der Waals surface area contributed by atoms with Gasteiger partial charge in [-0.3, -0.25) is 4.79 Å². The second kappa shape index (κ2) is 5.78. The van der Waals surface area contributed by atoms with Crippen LogP contribution in [-0.4, -0.2) is 5.97 Å². The van der Waals surface area contributed by atoms with Gasteiger partial charge >= 0.3 is 5.97 Å². The molecule has 1 aliphatic carbocycles. The first-order chi connectivity index (χ1) is 9.83. The van der Waals surface area contributed by atoms with Gasteiger partial charge in [-0.05, 0) is 25.0 Å². The Bertz CT molecular complexity index is 561. The lowest BCUT2D eigenvalue weighted by molar-refractivity contribution is -0.166. The molecule has 3 heteroatoms. The van der Waals surface area contributed by atoms with Crippen molar-refractivity contribution in [3.63, 3.8) is 0 Å². The molecular formula is C17H16O3. The van der Waals surface area contributed by atoms with E-state index in [9.17, 15) is 4.79 Å². The maximum Gasteiger partial charge on any atom is 0.312 e. The smallest absolute Gasteiger partial charge is 0.312 e. The number of hydrogen-bond acceptors (Lipinski definition) is 3. The summed E-state index contributed by atoms with van der Waals surface area (Å²) >= 11 is 0. The normalized spacial score (nSPS) is 15.4. The third kappa shape index (κ3) is 3.18. The highest BCUT2D eigenvalue weighted by Gasteiger charge is 2.33. The van der Waals surface area contributed by atoms with E-state index in [4.69, 9.17) is 9.47 Å². The predicted molar refractivity (Wildman–Crippen MR) is 75.1 cm³/mol. The summed E-state index contributed by atoms with van der Waals surface area (Å²) in [7, 11) is 0. The lowest BCUT2D eigenvalue weighted by Gasteiger charge is -2.19. The number of benzene rings is 2. The summed E-state index contributed by atoms with van der Waals surface area (Å²) in [5.74, 6) is 0.570. The molecule has 1 saturated carbocycles. The second-order valence-corrected chi connectivity index (χ2v) is 4.88. The third-order valence-corrected chi connectivity index (χ3v) is 3.19. The van der Waals surface area contributed by atoms with Gasteiger partial charge in [0.05, 0.1) is 5.92 Å². The largest absolute Gasteiger partial charge is 0.450 e. The Balaban J connectivity index is 1.77. The summed E-state index contributed by atoms with van der Waals surface area (Å²) < 4.78 is 11.3. The molecule has 0 radical (unpaired) electrons. The average molecular weight is 268 g/mol. The van der Waals surface area contributed by atoms with Crippen molar-refractivity contribution in [1.82, 2.24) is 0 Å². The zero-order chi connectivity index (χ0) is 13.8. The predicted octanol–water partition coefficient (Wildman–Crippen LogP) is 3.72. The van der Waals surface area contributed by atoms with Crippen molar-refractivity contribution in [2.24, 2.45) is 5.92 Å². The summed E-state index contributed by atoms with van der Waals surface area (Å²) in [5, 5.41) is 0. The molecule has 0 aliphatic heterocycles. The number of rotatable bonds is 5. The van der Waals surface area contributed by atoms with E-state index < -0.39 is 6.29 Å². The van der Waals surface area contributed by atoms with E-state index in [1.54, 1.807) is 0 Å². The van der Waals surface area contributed by atoms with Gasteiger partial charge in [0.15, 0.2) is 0 Å². The molecule has 3 rings (SSSR count). The number of esters is 1. The monoisotopic (exact) mass is 268 g/mol. The minimum atomic E-state index is -0.688. The van der Waals surface area contributed by atoms with Gasteiger partial charge in [0, 0.05) is 5.56 Å². The van der Waals surface area contributed by atoms with Crippen LogP contribution >= 0.6 is 0 Å². The van der Waals surface area contributed by atoms with Gasteiger partial charge < -0.3 is 9.47 Å². The summed E-state index contributed by atoms with van der Waals surface area (Å²) in [5.41, 5.74) is 0.838. The Morgan fingerprint density at radius 3 is 2.15 bits per heavy atom. The molecule has 2 aromatic carbocycles. The van der Waals surface area contributed by atoms with Crippen LogP contribution < -0.4 is 4.74 Å². The van der Waals surface area contributed by atoms with Gasteiger partial charge in [0.1, 0.15) is 5.75 Å². The number of carbonyl (C=O) groups excluding carboxylic acids is 1. The maximum absolute atomic E-state index is 11.9. The molecule has 3 nitrogen and oxygen atoms in total. The molecule has 1 atom stereocenters. The Labute approximate surface area is 118 Å².